The molecule has 0 aliphatic rings. The first kappa shape index (κ1) is 19.8. The molecule has 26 heavy (non-hydrogen) atoms. The third kappa shape index (κ3) is 4.97. The quantitative estimate of drug-likeness (QED) is 0.461. The van der Waals surface area contributed by atoms with Gasteiger partial charge in [0, 0.05) is 15.6 Å². The summed E-state index contributed by atoms with van der Waals surface area (Å²) in [6, 6.07) is 7.03. The second-order valence-electron chi connectivity index (χ2n) is 5.37. The normalized spacial score (nSPS) is 10.1. The van der Waals surface area contributed by atoms with Gasteiger partial charge in [0.25, 0.3) is 5.91 Å². The molecule has 0 radical (unpaired) electrons. The fourth-order valence-corrected chi connectivity index (χ4v) is 3.02. The van der Waals surface area contributed by atoms with Gasteiger partial charge in [-0.05, 0) is 67.1 Å². The molecule has 0 heterocycles. The van der Waals surface area contributed by atoms with Crippen molar-refractivity contribution in [3.05, 3.63) is 57.9 Å². The second-order valence-corrected chi connectivity index (χ2v) is 6.67. The number of halogens is 2. The lowest BCUT2D eigenvalue weighted by molar-refractivity contribution is -0.119. The molecule has 0 fully saturated rings. The molecule has 1 N–H and O–H groups in total. The van der Waals surface area contributed by atoms with Crippen LogP contribution < -0.4 is 5.32 Å². The van der Waals surface area contributed by atoms with Crippen molar-refractivity contribution in [1.29, 1.82) is 5.26 Å². The minimum absolute atomic E-state index is 0.185. The molecule has 2 aromatic carbocycles. The Morgan fingerprint density at radius 2 is 1.92 bits per heavy atom. The molecule has 8 heteroatoms. The molecule has 0 saturated carbocycles. The average Bonchev–Trinajstić information content (AvgIpc) is 2.58. The number of amides is 1. The van der Waals surface area contributed by atoms with Crippen LogP contribution in [0.15, 0.2) is 35.2 Å². The Balaban J connectivity index is 2.02. The van der Waals surface area contributed by atoms with Gasteiger partial charge < -0.3 is 10.1 Å². The van der Waals surface area contributed by atoms with Crippen LogP contribution >= 0.6 is 23.4 Å². The summed E-state index contributed by atoms with van der Waals surface area (Å²) in [5, 5.41) is 13.6. The number of thioether (sulfide) groups is 1. The van der Waals surface area contributed by atoms with Gasteiger partial charge in [-0.15, -0.1) is 0 Å². The zero-order valence-electron chi connectivity index (χ0n) is 13.9. The molecule has 0 atom stereocenters. The van der Waals surface area contributed by atoms with Crippen molar-refractivity contribution < 1.29 is 18.7 Å². The number of rotatable bonds is 5. The zero-order chi connectivity index (χ0) is 19.3. The van der Waals surface area contributed by atoms with Crippen molar-refractivity contribution in [3.8, 4) is 5.40 Å². The van der Waals surface area contributed by atoms with Gasteiger partial charge in [0.05, 0.1) is 5.56 Å². The number of anilines is 1. The predicted octanol–water partition coefficient (Wildman–Crippen LogP) is 4.46. The molecule has 0 aromatic heterocycles. The van der Waals surface area contributed by atoms with E-state index in [1.54, 1.807) is 26.0 Å². The fraction of sp³-hybridized carbons (Fsp3) is 0.167. The molecule has 0 aliphatic heterocycles. The largest absolute Gasteiger partial charge is 0.452 e. The van der Waals surface area contributed by atoms with E-state index in [4.69, 9.17) is 21.6 Å². The number of hydrogen-bond acceptors (Lipinski definition) is 5. The topological polar surface area (TPSA) is 79.2 Å². The van der Waals surface area contributed by atoms with Crippen molar-refractivity contribution in [2.45, 2.75) is 18.7 Å². The Morgan fingerprint density at radius 1 is 1.27 bits per heavy atom. The number of nitrogens with zero attached hydrogens (tertiary/aromatic N) is 1. The van der Waals surface area contributed by atoms with E-state index in [-0.39, 0.29) is 10.6 Å². The number of ether oxygens (including phenoxy) is 1. The Kier molecular flexibility index (Phi) is 6.61. The number of nitrogens with one attached hydrogen (secondary N) is 1. The van der Waals surface area contributed by atoms with Crippen molar-refractivity contribution in [1.82, 2.24) is 0 Å². The Hall–Kier alpha value is -2.56. The van der Waals surface area contributed by atoms with Crippen LogP contribution in [0.3, 0.4) is 0 Å². The molecule has 0 spiro atoms. The van der Waals surface area contributed by atoms with Crippen LogP contribution in [0.5, 0.6) is 0 Å². The molecular weight excluding hydrogens is 379 g/mol. The number of aryl methyl sites for hydroxylation is 2. The lowest BCUT2D eigenvalue weighted by Gasteiger charge is -2.13. The highest BCUT2D eigenvalue weighted by molar-refractivity contribution is 8.03. The summed E-state index contributed by atoms with van der Waals surface area (Å²) in [6.07, 6.45) is 0. The van der Waals surface area contributed by atoms with Gasteiger partial charge in [0.1, 0.15) is 11.2 Å². The molecular formula is C18H14ClFN2O3S. The van der Waals surface area contributed by atoms with Crippen LogP contribution in [0.4, 0.5) is 10.1 Å². The van der Waals surface area contributed by atoms with Crippen LogP contribution in [0.2, 0.25) is 5.02 Å². The summed E-state index contributed by atoms with van der Waals surface area (Å²) in [5.41, 5.74) is 1.77. The van der Waals surface area contributed by atoms with Crippen LogP contribution in [-0.2, 0) is 9.53 Å². The van der Waals surface area contributed by atoms with Crippen molar-refractivity contribution in [2.75, 3.05) is 11.9 Å². The Labute approximate surface area is 159 Å². The van der Waals surface area contributed by atoms with E-state index in [1.807, 2.05) is 5.40 Å². The predicted molar refractivity (Wildman–Crippen MR) is 97.7 cm³/mol. The van der Waals surface area contributed by atoms with Crippen LogP contribution in [-0.4, -0.2) is 18.5 Å². The highest BCUT2D eigenvalue weighted by atomic mass is 35.5. The number of nitriles is 1. The van der Waals surface area contributed by atoms with E-state index >= 15 is 0 Å². The van der Waals surface area contributed by atoms with Gasteiger partial charge in [-0.3, -0.25) is 4.79 Å². The molecule has 0 saturated heterocycles. The number of esters is 1. The molecule has 2 rings (SSSR count). The number of hydrogen-bond donors (Lipinski definition) is 1. The maximum absolute atomic E-state index is 13.6. The summed E-state index contributed by atoms with van der Waals surface area (Å²) in [6.45, 7) is 3.01. The number of benzene rings is 2. The van der Waals surface area contributed by atoms with Gasteiger partial charge in [0.2, 0.25) is 0 Å². The van der Waals surface area contributed by atoms with E-state index in [2.05, 4.69) is 5.32 Å². The molecule has 2 aromatic rings. The van der Waals surface area contributed by atoms with E-state index < -0.39 is 24.3 Å². The number of thiocyanates is 1. The van der Waals surface area contributed by atoms with Crippen molar-refractivity contribution >= 4 is 40.9 Å². The first-order chi connectivity index (χ1) is 12.3. The SMILES string of the molecule is Cc1cc(SC#N)cc(C)c1NC(=O)COC(=O)c1cc(Cl)ccc1F. The first-order valence-electron chi connectivity index (χ1n) is 7.41. The van der Waals surface area contributed by atoms with Gasteiger partial charge in [-0.1, -0.05) is 11.6 Å². The minimum Gasteiger partial charge on any atom is -0.452 e. The third-order valence-electron chi connectivity index (χ3n) is 3.42. The minimum atomic E-state index is -0.977. The van der Waals surface area contributed by atoms with Crippen LogP contribution in [0, 0.1) is 30.3 Å². The standard InChI is InChI=1S/C18H14ClFN2O3S/c1-10-5-13(26-9-21)6-11(2)17(10)22-16(23)8-25-18(24)14-7-12(19)3-4-15(14)20/h3-7H,8H2,1-2H3,(H,22,23). The van der Waals surface area contributed by atoms with E-state index in [1.165, 1.54) is 6.07 Å². The molecule has 5 nitrogen and oxygen atoms in total. The number of carbonyl (C=O) groups is 2. The van der Waals surface area contributed by atoms with Gasteiger partial charge in [-0.2, -0.15) is 5.26 Å². The Morgan fingerprint density at radius 3 is 2.54 bits per heavy atom. The number of carbonyl (C=O) groups excluding carboxylic acids is 2. The van der Waals surface area contributed by atoms with Gasteiger partial charge >= 0.3 is 5.97 Å². The lowest BCUT2D eigenvalue weighted by Crippen LogP contribution is -2.22. The fourth-order valence-electron chi connectivity index (χ4n) is 2.27. The summed E-state index contributed by atoms with van der Waals surface area (Å²) in [7, 11) is 0. The average molecular weight is 393 g/mol. The molecule has 1 amide bonds. The van der Waals surface area contributed by atoms with Crippen molar-refractivity contribution in [3.63, 3.8) is 0 Å². The first-order valence-corrected chi connectivity index (χ1v) is 8.60. The highest BCUT2D eigenvalue weighted by Gasteiger charge is 2.16. The van der Waals surface area contributed by atoms with Crippen LogP contribution in [0.25, 0.3) is 0 Å². The summed E-state index contributed by atoms with van der Waals surface area (Å²) < 4.78 is 18.5. The maximum atomic E-state index is 13.6. The van der Waals surface area contributed by atoms with Crippen molar-refractivity contribution in [2.24, 2.45) is 0 Å². The smallest absolute Gasteiger partial charge is 0.341 e. The third-order valence-corrected chi connectivity index (χ3v) is 4.21. The van der Waals surface area contributed by atoms with E-state index in [9.17, 15) is 14.0 Å². The highest BCUT2D eigenvalue weighted by Crippen LogP contribution is 2.27. The molecule has 134 valence electrons. The monoisotopic (exact) mass is 392 g/mol. The molecule has 0 aliphatic carbocycles. The summed E-state index contributed by atoms with van der Waals surface area (Å²) >= 11 is 6.75. The summed E-state index contributed by atoms with van der Waals surface area (Å²) in [4.78, 5) is 24.7. The lowest BCUT2D eigenvalue weighted by atomic mass is 10.1. The molecule has 0 unspecified atom stereocenters. The van der Waals surface area contributed by atoms with E-state index in [0.717, 1.165) is 39.9 Å². The van der Waals surface area contributed by atoms with Gasteiger partial charge in [-0.25, -0.2) is 9.18 Å². The van der Waals surface area contributed by atoms with Gasteiger partial charge in [0.15, 0.2) is 6.61 Å². The molecule has 0 bridgehead atoms. The Bertz CT molecular complexity index is 889. The van der Waals surface area contributed by atoms with Crippen LogP contribution in [0.1, 0.15) is 21.5 Å². The second kappa shape index (κ2) is 8.70. The maximum Gasteiger partial charge on any atom is 0.341 e. The zero-order valence-corrected chi connectivity index (χ0v) is 15.5. The van der Waals surface area contributed by atoms with E-state index in [0.29, 0.717) is 5.69 Å². The summed E-state index contributed by atoms with van der Waals surface area (Å²) in [5.74, 6) is -2.32.